The highest BCUT2D eigenvalue weighted by Crippen LogP contribution is 2.26. The smallest absolute Gasteiger partial charge is 0.237 e. The molecule has 0 radical (unpaired) electrons. The van der Waals surface area contributed by atoms with Crippen molar-refractivity contribution >= 4 is 17.7 Å². The highest BCUT2D eigenvalue weighted by atomic mass is 32.2. The maximum atomic E-state index is 11.5. The van der Waals surface area contributed by atoms with Gasteiger partial charge in [0.1, 0.15) is 0 Å². The molecular formula is C13H24N2O2S. The summed E-state index contributed by atoms with van der Waals surface area (Å²) in [6.07, 6.45) is 5.41. The SMILES string of the molecule is CC(CCCCSC1COC1)(NC1CC1)C(N)=O. The van der Waals surface area contributed by atoms with Crippen molar-refractivity contribution in [2.75, 3.05) is 19.0 Å². The number of amides is 1. The largest absolute Gasteiger partial charge is 0.379 e. The van der Waals surface area contributed by atoms with Crippen LogP contribution in [0.2, 0.25) is 0 Å². The van der Waals surface area contributed by atoms with Gasteiger partial charge in [0.2, 0.25) is 5.91 Å². The first-order valence-corrected chi connectivity index (χ1v) is 7.92. The number of primary amides is 1. The van der Waals surface area contributed by atoms with Gasteiger partial charge in [0, 0.05) is 6.04 Å². The molecule has 1 saturated carbocycles. The van der Waals surface area contributed by atoms with Gasteiger partial charge in [-0.15, -0.1) is 0 Å². The highest BCUT2D eigenvalue weighted by molar-refractivity contribution is 8.00. The molecule has 1 amide bonds. The average Bonchev–Trinajstić information content (AvgIpc) is 3.04. The van der Waals surface area contributed by atoms with Crippen LogP contribution < -0.4 is 11.1 Å². The predicted octanol–water partition coefficient (Wildman–Crippen LogP) is 1.28. The summed E-state index contributed by atoms with van der Waals surface area (Å²) in [5, 5.41) is 4.09. The minimum absolute atomic E-state index is 0.213. The van der Waals surface area contributed by atoms with Crippen molar-refractivity contribution in [3.8, 4) is 0 Å². The molecule has 0 aromatic rings. The third-order valence-electron chi connectivity index (χ3n) is 3.68. The second-order valence-corrected chi connectivity index (χ2v) is 7.01. The fourth-order valence-corrected chi connectivity index (χ4v) is 3.17. The number of ether oxygens (including phenoxy) is 1. The van der Waals surface area contributed by atoms with E-state index >= 15 is 0 Å². The molecule has 0 aromatic carbocycles. The van der Waals surface area contributed by atoms with Crippen molar-refractivity contribution in [3.05, 3.63) is 0 Å². The first-order valence-electron chi connectivity index (χ1n) is 6.87. The molecule has 2 aliphatic rings. The number of unbranched alkanes of at least 4 members (excludes halogenated alkanes) is 1. The molecule has 0 aromatic heterocycles. The van der Waals surface area contributed by atoms with Gasteiger partial charge in [0.05, 0.1) is 24.0 Å². The Labute approximate surface area is 113 Å². The quantitative estimate of drug-likeness (QED) is 0.621. The lowest BCUT2D eigenvalue weighted by Gasteiger charge is -2.28. The number of hydrogen-bond donors (Lipinski definition) is 2. The van der Waals surface area contributed by atoms with Gasteiger partial charge in [0.25, 0.3) is 0 Å². The summed E-state index contributed by atoms with van der Waals surface area (Å²) >= 11 is 1.99. The lowest BCUT2D eigenvalue weighted by atomic mass is 9.94. The number of carbonyl (C=O) groups excluding carboxylic acids is 1. The van der Waals surface area contributed by atoms with Crippen LogP contribution in [0.25, 0.3) is 0 Å². The lowest BCUT2D eigenvalue weighted by molar-refractivity contribution is -0.124. The van der Waals surface area contributed by atoms with Crippen molar-refractivity contribution in [2.45, 2.75) is 55.9 Å². The van der Waals surface area contributed by atoms with Crippen LogP contribution in [0.5, 0.6) is 0 Å². The molecule has 1 atom stereocenters. The van der Waals surface area contributed by atoms with Gasteiger partial charge in [0.15, 0.2) is 0 Å². The maximum absolute atomic E-state index is 11.5. The van der Waals surface area contributed by atoms with Crippen molar-refractivity contribution in [2.24, 2.45) is 5.73 Å². The van der Waals surface area contributed by atoms with Crippen molar-refractivity contribution < 1.29 is 9.53 Å². The van der Waals surface area contributed by atoms with Gasteiger partial charge in [-0.05, 0) is 38.4 Å². The summed E-state index contributed by atoms with van der Waals surface area (Å²) in [5.41, 5.74) is 5.01. The number of carbonyl (C=O) groups is 1. The van der Waals surface area contributed by atoms with Gasteiger partial charge >= 0.3 is 0 Å². The molecule has 1 aliphatic carbocycles. The van der Waals surface area contributed by atoms with E-state index in [4.69, 9.17) is 10.5 Å². The Morgan fingerprint density at radius 1 is 1.44 bits per heavy atom. The summed E-state index contributed by atoms with van der Waals surface area (Å²) in [7, 11) is 0. The zero-order chi connectivity index (χ0) is 13.0. The lowest BCUT2D eigenvalue weighted by Crippen LogP contribution is -2.53. The molecule has 2 fully saturated rings. The monoisotopic (exact) mass is 272 g/mol. The van der Waals surface area contributed by atoms with Crippen LogP contribution >= 0.6 is 11.8 Å². The van der Waals surface area contributed by atoms with E-state index in [-0.39, 0.29) is 5.91 Å². The Morgan fingerprint density at radius 3 is 2.67 bits per heavy atom. The molecular weight excluding hydrogens is 248 g/mol. The van der Waals surface area contributed by atoms with E-state index in [9.17, 15) is 4.79 Å². The molecule has 1 unspecified atom stereocenters. The van der Waals surface area contributed by atoms with Crippen LogP contribution in [0.15, 0.2) is 0 Å². The Balaban J connectivity index is 1.60. The number of nitrogens with one attached hydrogen (secondary N) is 1. The molecule has 2 rings (SSSR count). The second kappa shape index (κ2) is 6.26. The standard InChI is InChI=1S/C13H24N2O2S/c1-13(12(14)16,15-10-4-5-10)6-2-3-7-18-11-8-17-9-11/h10-11,15H,2-9H2,1H3,(H2,14,16). The summed E-state index contributed by atoms with van der Waals surface area (Å²) in [6, 6.07) is 0.518. The minimum atomic E-state index is -0.509. The summed E-state index contributed by atoms with van der Waals surface area (Å²) in [6.45, 7) is 3.76. The predicted molar refractivity (Wildman–Crippen MR) is 74.7 cm³/mol. The Kier molecular flexibility index (Phi) is 4.92. The van der Waals surface area contributed by atoms with Crippen molar-refractivity contribution in [1.82, 2.24) is 5.32 Å². The van der Waals surface area contributed by atoms with Gasteiger partial charge in [-0.25, -0.2) is 0 Å². The third kappa shape index (κ3) is 4.14. The second-order valence-electron chi connectivity index (χ2n) is 5.60. The van der Waals surface area contributed by atoms with Gasteiger partial charge in [-0.1, -0.05) is 6.42 Å². The van der Waals surface area contributed by atoms with Crippen molar-refractivity contribution in [3.63, 3.8) is 0 Å². The van der Waals surface area contributed by atoms with Gasteiger partial charge in [-0.3, -0.25) is 4.79 Å². The molecule has 1 saturated heterocycles. The summed E-state index contributed by atoms with van der Waals surface area (Å²) < 4.78 is 5.14. The van der Waals surface area contributed by atoms with Crippen LogP contribution in [0, 0.1) is 0 Å². The molecule has 1 heterocycles. The molecule has 5 heteroatoms. The third-order valence-corrected chi connectivity index (χ3v) is 4.94. The van der Waals surface area contributed by atoms with Gasteiger partial charge < -0.3 is 15.8 Å². The first kappa shape index (κ1) is 14.2. The molecule has 104 valence electrons. The van der Waals surface area contributed by atoms with Crippen LogP contribution in [0.3, 0.4) is 0 Å². The zero-order valence-electron chi connectivity index (χ0n) is 11.1. The van der Waals surface area contributed by atoms with E-state index in [1.54, 1.807) is 0 Å². The number of hydrogen-bond acceptors (Lipinski definition) is 4. The molecule has 0 spiro atoms. The normalized spacial score (nSPS) is 23.4. The zero-order valence-corrected chi connectivity index (χ0v) is 11.9. The Morgan fingerprint density at radius 2 is 2.17 bits per heavy atom. The average molecular weight is 272 g/mol. The van der Waals surface area contributed by atoms with Crippen molar-refractivity contribution in [1.29, 1.82) is 0 Å². The Bertz CT molecular complexity index is 293. The number of thioether (sulfide) groups is 1. The molecule has 4 nitrogen and oxygen atoms in total. The number of nitrogens with two attached hydrogens (primary N) is 1. The molecule has 18 heavy (non-hydrogen) atoms. The van der Waals surface area contributed by atoms with E-state index in [1.807, 2.05) is 18.7 Å². The van der Waals surface area contributed by atoms with E-state index in [0.29, 0.717) is 11.3 Å². The van der Waals surface area contributed by atoms with Crippen LogP contribution in [-0.4, -0.2) is 41.7 Å². The van der Waals surface area contributed by atoms with E-state index in [2.05, 4.69) is 5.32 Å². The fraction of sp³-hybridized carbons (Fsp3) is 0.923. The maximum Gasteiger partial charge on any atom is 0.237 e. The molecule has 0 bridgehead atoms. The molecule has 3 N–H and O–H groups in total. The van der Waals surface area contributed by atoms with E-state index in [1.165, 1.54) is 12.8 Å². The topological polar surface area (TPSA) is 64.3 Å². The Hall–Kier alpha value is -0.260. The van der Waals surface area contributed by atoms with Gasteiger partial charge in [-0.2, -0.15) is 11.8 Å². The summed E-state index contributed by atoms with van der Waals surface area (Å²) in [4.78, 5) is 11.5. The highest BCUT2D eigenvalue weighted by Gasteiger charge is 2.36. The van der Waals surface area contributed by atoms with E-state index < -0.39 is 5.54 Å². The minimum Gasteiger partial charge on any atom is -0.379 e. The number of rotatable bonds is 9. The molecule has 1 aliphatic heterocycles. The van der Waals surface area contributed by atoms with Crippen LogP contribution in [0.1, 0.15) is 39.0 Å². The van der Waals surface area contributed by atoms with Crippen LogP contribution in [-0.2, 0) is 9.53 Å². The van der Waals surface area contributed by atoms with Crippen LogP contribution in [0.4, 0.5) is 0 Å². The summed E-state index contributed by atoms with van der Waals surface area (Å²) in [5.74, 6) is 0.946. The fourth-order valence-electron chi connectivity index (χ4n) is 2.09. The first-order chi connectivity index (χ1) is 8.60. The van der Waals surface area contributed by atoms with E-state index in [0.717, 1.165) is 38.2 Å².